The average Bonchev–Trinajstić information content (AvgIpc) is 2.98. The van der Waals surface area contributed by atoms with E-state index in [-0.39, 0.29) is 17.7 Å². The van der Waals surface area contributed by atoms with Gasteiger partial charge in [-0.25, -0.2) is 0 Å². The molecule has 0 spiro atoms. The Hall–Kier alpha value is -1.78. The third-order valence-electron chi connectivity index (χ3n) is 3.47. The lowest BCUT2D eigenvalue weighted by atomic mass is 9.95. The van der Waals surface area contributed by atoms with Crippen LogP contribution in [0.2, 0.25) is 0 Å². The minimum Gasteiger partial charge on any atom is -0.472 e. The van der Waals surface area contributed by atoms with Crippen LogP contribution in [0.1, 0.15) is 36.5 Å². The van der Waals surface area contributed by atoms with Gasteiger partial charge in [0.15, 0.2) is 0 Å². The Labute approximate surface area is 113 Å². The van der Waals surface area contributed by atoms with Crippen LogP contribution in [0.25, 0.3) is 0 Å². The largest absolute Gasteiger partial charge is 0.472 e. The minimum absolute atomic E-state index is 0.0128. The van der Waals surface area contributed by atoms with Crippen LogP contribution < -0.4 is 5.32 Å². The highest BCUT2D eigenvalue weighted by Crippen LogP contribution is 2.19. The molecule has 1 aromatic heterocycles. The maximum atomic E-state index is 12.1. The van der Waals surface area contributed by atoms with Crippen molar-refractivity contribution in [3.63, 3.8) is 0 Å². The summed E-state index contributed by atoms with van der Waals surface area (Å²) >= 11 is 0. The summed E-state index contributed by atoms with van der Waals surface area (Å²) < 4.78 is 4.92. The Morgan fingerprint density at radius 3 is 2.74 bits per heavy atom. The number of carbonyl (C=O) groups excluding carboxylic acids is 2. The molecule has 1 N–H and O–H groups in total. The van der Waals surface area contributed by atoms with Gasteiger partial charge < -0.3 is 14.6 Å². The van der Waals surface area contributed by atoms with Crippen LogP contribution in [-0.2, 0) is 4.79 Å². The van der Waals surface area contributed by atoms with Gasteiger partial charge in [-0.15, -0.1) is 0 Å². The van der Waals surface area contributed by atoms with Gasteiger partial charge in [-0.3, -0.25) is 9.59 Å². The van der Waals surface area contributed by atoms with E-state index in [0.29, 0.717) is 18.7 Å². The number of hydrogen-bond acceptors (Lipinski definition) is 3. The summed E-state index contributed by atoms with van der Waals surface area (Å²) in [7, 11) is 0. The number of carbonyl (C=O) groups is 2. The molecule has 2 rings (SSSR count). The second-order valence-electron chi connectivity index (χ2n) is 4.87. The fourth-order valence-electron chi connectivity index (χ4n) is 2.31. The van der Waals surface area contributed by atoms with Crippen molar-refractivity contribution >= 4 is 11.8 Å². The first-order chi connectivity index (χ1) is 9.22. The smallest absolute Gasteiger partial charge is 0.257 e. The van der Waals surface area contributed by atoms with E-state index in [1.807, 2.05) is 6.92 Å². The topological polar surface area (TPSA) is 62.6 Å². The van der Waals surface area contributed by atoms with Crippen LogP contribution in [0.5, 0.6) is 0 Å². The molecule has 1 fully saturated rings. The first kappa shape index (κ1) is 13.6. The first-order valence-electron chi connectivity index (χ1n) is 6.81. The fourth-order valence-corrected chi connectivity index (χ4v) is 2.31. The van der Waals surface area contributed by atoms with Crippen molar-refractivity contribution in [1.82, 2.24) is 10.2 Å². The highest BCUT2D eigenvalue weighted by atomic mass is 16.3. The van der Waals surface area contributed by atoms with Gasteiger partial charge in [0.1, 0.15) is 6.26 Å². The Bertz CT molecular complexity index is 420. The van der Waals surface area contributed by atoms with Crippen LogP contribution in [-0.4, -0.2) is 36.3 Å². The van der Waals surface area contributed by atoms with Gasteiger partial charge in [0.2, 0.25) is 5.91 Å². The Morgan fingerprint density at radius 1 is 1.42 bits per heavy atom. The molecule has 0 bridgehead atoms. The Balaban J connectivity index is 1.82. The molecule has 0 saturated carbocycles. The third kappa shape index (κ3) is 3.36. The molecule has 0 aromatic carbocycles. The lowest BCUT2D eigenvalue weighted by Crippen LogP contribution is -2.43. The predicted molar refractivity (Wildman–Crippen MR) is 70.6 cm³/mol. The number of piperidine rings is 1. The van der Waals surface area contributed by atoms with Gasteiger partial charge in [-0.1, -0.05) is 6.92 Å². The molecule has 0 atom stereocenters. The number of furan rings is 1. The lowest BCUT2D eigenvalue weighted by molar-refractivity contribution is -0.126. The van der Waals surface area contributed by atoms with Gasteiger partial charge in [0.05, 0.1) is 11.8 Å². The summed E-state index contributed by atoms with van der Waals surface area (Å²) in [4.78, 5) is 25.7. The van der Waals surface area contributed by atoms with E-state index in [4.69, 9.17) is 4.42 Å². The summed E-state index contributed by atoms with van der Waals surface area (Å²) in [5.41, 5.74) is 0.578. The zero-order chi connectivity index (χ0) is 13.7. The van der Waals surface area contributed by atoms with Crippen molar-refractivity contribution in [3.05, 3.63) is 24.2 Å². The van der Waals surface area contributed by atoms with Gasteiger partial charge in [-0.2, -0.15) is 0 Å². The molecular weight excluding hydrogens is 244 g/mol. The van der Waals surface area contributed by atoms with Crippen LogP contribution in [0, 0.1) is 5.92 Å². The molecule has 1 aromatic rings. The Kier molecular flexibility index (Phi) is 4.60. The summed E-state index contributed by atoms with van der Waals surface area (Å²) in [5.74, 6) is 0.151. The molecule has 1 saturated heterocycles. The van der Waals surface area contributed by atoms with Gasteiger partial charge in [0, 0.05) is 25.6 Å². The fraction of sp³-hybridized carbons (Fsp3) is 0.571. The number of nitrogens with one attached hydrogen (secondary N) is 1. The molecule has 0 aliphatic carbocycles. The van der Waals surface area contributed by atoms with Crippen LogP contribution in [0.15, 0.2) is 23.0 Å². The first-order valence-corrected chi connectivity index (χ1v) is 6.81. The van der Waals surface area contributed by atoms with Crippen molar-refractivity contribution in [2.75, 3.05) is 19.6 Å². The quantitative estimate of drug-likeness (QED) is 0.899. The van der Waals surface area contributed by atoms with Gasteiger partial charge >= 0.3 is 0 Å². The molecule has 2 heterocycles. The molecular formula is C14H20N2O3. The number of amides is 2. The van der Waals surface area contributed by atoms with Crippen molar-refractivity contribution in [2.45, 2.75) is 26.2 Å². The maximum Gasteiger partial charge on any atom is 0.257 e. The number of likely N-dealkylation sites (tertiary alicyclic amines) is 1. The van der Waals surface area contributed by atoms with Gasteiger partial charge in [0.25, 0.3) is 5.91 Å². The van der Waals surface area contributed by atoms with Crippen molar-refractivity contribution in [3.8, 4) is 0 Å². The van der Waals surface area contributed by atoms with E-state index in [1.165, 1.54) is 12.5 Å². The highest BCUT2D eigenvalue weighted by Gasteiger charge is 2.27. The van der Waals surface area contributed by atoms with Crippen molar-refractivity contribution in [1.29, 1.82) is 0 Å². The van der Waals surface area contributed by atoms with E-state index in [0.717, 1.165) is 25.8 Å². The summed E-state index contributed by atoms with van der Waals surface area (Å²) in [6.45, 7) is 4.03. The number of nitrogens with zero attached hydrogens (tertiary/aromatic N) is 1. The average molecular weight is 264 g/mol. The standard InChI is InChI=1S/C14H20N2O3/c1-2-6-15-13(17)11-3-7-16(8-4-11)14(18)12-5-9-19-10-12/h5,9-11H,2-4,6-8H2,1H3,(H,15,17). The number of hydrogen-bond donors (Lipinski definition) is 1. The zero-order valence-electron chi connectivity index (χ0n) is 11.2. The number of rotatable bonds is 4. The van der Waals surface area contributed by atoms with E-state index in [1.54, 1.807) is 11.0 Å². The molecule has 0 radical (unpaired) electrons. The SMILES string of the molecule is CCCNC(=O)C1CCN(C(=O)c2ccoc2)CC1. The normalized spacial score (nSPS) is 16.4. The molecule has 0 unspecified atom stereocenters. The second kappa shape index (κ2) is 6.41. The molecule has 104 valence electrons. The molecule has 5 heteroatoms. The van der Waals surface area contributed by atoms with Gasteiger partial charge in [-0.05, 0) is 25.3 Å². The molecule has 1 aliphatic heterocycles. The molecule has 2 amide bonds. The van der Waals surface area contributed by atoms with E-state index >= 15 is 0 Å². The lowest BCUT2D eigenvalue weighted by Gasteiger charge is -2.31. The highest BCUT2D eigenvalue weighted by molar-refractivity contribution is 5.94. The summed E-state index contributed by atoms with van der Waals surface area (Å²) in [6, 6.07) is 1.67. The monoisotopic (exact) mass is 264 g/mol. The van der Waals surface area contributed by atoms with E-state index in [2.05, 4.69) is 5.32 Å². The Morgan fingerprint density at radius 2 is 2.16 bits per heavy atom. The van der Waals surface area contributed by atoms with E-state index < -0.39 is 0 Å². The van der Waals surface area contributed by atoms with E-state index in [9.17, 15) is 9.59 Å². The van der Waals surface area contributed by atoms with Crippen LogP contribution in [0.3, 0.4) is 0 Å². The second-order valence-corrected chi connectivity index (χ2v) is 4.87. The van der Waals surface area contributed by atoms with Crippen molar-refractivity contribution in [2.24, 2.45) is 5.92 Å². The molecule has 5 nitrogen and oxygen atoms in total. The molecule has 1 aliphatic rings. The van der Waals surface area contributed by atoms with Crippen molar-refractivity contribution < 1.29 is 14.0 Å². The summed E-state index contributed by atoms with van der Waals surface area (Å²) in [5, 5.41) is 2.92. The van der Waals surface area contributed by atoms with Crippen LogP contribution >= 0.6 is 0 Å². The third-order valence-corrected chi connectivity index (χ3v) is 3.47. The maximum absolute atomic E-state index is 12.1. The minimum atomic E-state index is -0.0128. The molecule has 19 heavy (non-hydrogen) atoms. The van der Waals surface area contributed by atoms with Crippen LogP contribution in [0.4, 0.5) is 0 Å². The zero-order valence-corrected chi connectivity index (χ0v) is 11.2. The predicted octanol–water partition coefficient (Wildman–Crippen LogP) is 1.66. The summed E-state index contributed by atoms with van der Waals surface area (Å²) in [6.07, 6.45) is 5.38.